The Morgan fingerprint density at radius 1 is 1.04 bits per heavy atom. The summed E-state index contributed by atoms with van der Waals surface area (Å²) in [6.45, 7) is 0.544. The molecule has 26 heavy (non-hydrogen) atoms. The van der Waals surface area contributed by atoms with E-state index in [0.29, 0.717) is 29.1 Å². The Morgan fingerprint density at radius 3 is 2.35 bits per heavy atom. The zero-order chi connectivity index (χ0) is 18.9. The molecule has 0 aliphatic heterocycles. The Bertz CT molecular complexity index is 917. The van der Waals surface area contributed by atoms with Gasteiger partial charge in [-0.3, -0.25) is 0 Å². The van der Waals surface area contributed by atoms with Crippen LogP contribution >= 0.6 is 34.2 Å². The Balaban J connectivity index is 2.26. The summed E-state index contributed by atoms with van der Waals surface area (Å²) in [5, 5.41) is 0.774. The van der Waals surface area contributed by atoms with Crippen molar-refractivity contribution in [3.63, 3.8) is 0 Å². The molecule has 2 nitrogen and oxygen atoms in total. The number of halogens is 5. The summed E-state index contributed by atoms with van der Waals surface area (Å²) in [5.74, 6) is 0. The fourth-order valence-corrected chi connectivity index (χ4v) is 3.75. The number of benzene rings is 2. The topological polar surface area (TPSA) is 41.8 Å². The molecule has 0 amide bonds. The van der Waals surface area contributed by atoms with Gasteiger partial charge in [0, 0.05) is 14.7 Å². The number of nitrogens with one attached hydrogen (secondary N) is 1. The third kappa shape index (κ3) is 3.87. The smallest absolute Gasteiger partial charge is 0.354 e. The minimum absolute atomic E-state index is 0.0429. The van der Waals surface area contributed by atoms with E-state index in [0.717, 1.165) is 33.6 Å². The second kappa shape index (κ2) is 7.78. The van der Waals surface area contributed by atoms with Crippen molar-refractivity contribution in [2.75, 3.05) is 6.54 Å². The molecule has 0 aliphatic carbocycles. The maximum atomic E-state index is 13.5. The first-order valence-corrected chi connectivity index (χ1v) is 9.65. The highest BCUT2D eigenvalue weighted by Gasteiger charge is 2.34. The average Bonchev–Trinajstić information content (AvgIpc) is 2.95. The van der Waals surface area contributed by atoms with E-state index in [4.69, 9.17) is 17.3 Å². The normalized spacial score (nSPS) is 12.1. The molecule has 7 heteroatoms. The number of aryl methyl sites for hydroxylation is 1. The molecule has 3 aromatic rings. The van der Waals surface area contributed by atoms with Crippen molar-refractivity contribution in [2.24, 2.45) is 5.73 Å². The lowest BCUT2D eigenvalue weighted by Crippen LogP contribution is -2.05. The van der Waals surface area contributed by atoms with Gasteiger partial charge in [-0.05, 0) is 83.8 Å². The first kappa shape index (κ1) is 19.5. The highest BCUT2D eigenvalue weighted by molar-refractivity contribution is 14.1. The van der Waals surface area contributed by atoms with Crippen molar-refractivity contribution in [3.8, 4) is 11.3 Å². The van der Waals surface area contributed by atoms with Crippen LogP contribution in [0.3, 0.4) is 0 Å². The standard InChI is InChI=1S/C19H17ClF3IN2/c20-15-9-8-14(19(21,22)23)18-16(15)13(3-1-2-10-25)17(26-18)11-4-6-12(24)7-5-11/h4-9,26H,1-3,10,25H2. The number of unbranched alkanes of at least 4 members (excludes halogenated alkanes) is 1. The molecule has 138 valence electrons. The molecule has 0 radical (unpaired) electrons. The summed E-state index contributed by atoms with van der Waals surface area (Å²) in [4.78, 5) is 3.00. The van der Waals surface area contributed by atoms with E-state index >= 15 is 0 Å². The molecule has 2 aromatic carbocycles. The minimum Gasteiger partial charge on any atom is -0.354 e. The van der Waals surface area contributed by atoms with E-state index in [1.807, 2.05) is 24.3 Å². The molecular weight excluding hydrogens is 476 g/mol. The van der Waals surface area contributed by atoms with Gasteiger partial charge in [-0.25, -0.2) is 0 Å². The van der Waals surface area contributed by atoms with Crippen LogP contribution < -0.4 is 5.73 Å². The molecule has 1 aromatic heterocycles. The molecule has 0 fully saturated rings. The van der Waals surface area contributed by atoms with Crippen molar-refractivity contribution in [1.82, 2.24) is 4.98 Å². The molecule has 0 unspecified atom stereocenters. The van der Waals surface area contributed by atoms with Crippen LogP contribution in [0.2, 0.25) is 5.02 Å². The predicted octanol–water partition coefficient (Wildman–Crippen LogP) is 6.39. The second-order valence-corrected chi connectivity index (χ2v) is 7.73. The average molecular weight is 493 g/mol. The van der Waals surface area contributed by atoms with Crippen molar-refractivity contribution >= 4 is 45.1 Å². The van der Waals surface area contributed by atoms with Gasteiger partial charge in [0.1, 0.15) is 0 Å². The van der Waals surface area contributed by atoms with E-state index in [9.17, 15) is 13.2 Å². The van der Waals surface area contributed by atoms with Gasteiger partial charge in [-0.1, -0.05) is 23.7 Å². The highest BCUT2D eigenvalue weighted by atomic mass is 127. The molecule has 1 heterocycles. The summed E-state index contributed by atoms with van der Waals surface area (Å²) in [6, 6.07) is 10.0. The molecule has 0 bridgehead atoms. The van der Waals surface area contributed by atoms with Crippen LogP contribution in [0, 0.1) is 3.57 Å². The maximum absolute atomic E-state index is 13.5. The number of alkyl halides is 3. The number of H-pyrrole nitrogens is 1. The van der Waals surface area contributed by atoms with Crippen LogP contribution in [-0.4, -0.2) is 11.5 Å². The molecular formula is C19H17ClF3IN2. The SMILES string of the molecule is NCCCCc1c(-c2ccc(I)cc2)[nH]c2c(C(F)(F)F)ccc(Cl)c12. The quantitative estimate of drug-likeness (QED) is 0.314. The lowest BCUT2D eigenvalue weighted by atomic mass is 9.99. The van der Waals surface area contributed by atoms with Crippen LogP contribution in [0.1, 0.15) is 24.0 Å². The minimum atomic E-state index is -4.45. The fraction of sp³-hybridized carbons (Fsp3) is 0.263. The number of hydrogen-bond acceptors (Lipinski definition) is 1. The lowest BCUT2D eigenvalue weighted by Gasteiger charge is -2.09. The van der Waals surface area contributed by atoms with Gasteiger partial charge in [0.25, 0.3) is 0 Å². The number of hydrogen-bond donors (Lipinski definition) is 2. The third-order valence-electron chi connectivity index (χ3n) is 4.33. The van der Waals surface area contributed by atoms with Gasteiger partial charge in [0.2, 0.25) is 0 Å². The first-order valence-electron chi connectivity index (χ1n) is 8.19. The van der Waals surface area contributed by atoms with Crippen molar-refractivity contribution in [1.29, 1.82) is 0 Å². The number of aromatic nitrogens is 1. The molecule has 0 saturated heterocycles. The highest BCUT2D eigenvalue weighted by Crippen LogP contribution is 2.42. The van der Waals surface area contributed by atoms with E-state index < -0.39 is 11.7 Å². The summed E-state index contributed by atoms with van der Waals surface area (Å²) in [6.07, 6.45) is -2.26. The van der Waals surface area contributed by atoms with Crippen LogP contribution in [0.25, 0.3) is 22.2 Å². The van der Waals surface area contributed by atoms with Crippen LogP contribution in [0.15, 0.2) is 36.4 Å². The number of aromatic amines is 1. The third-order valence-corrected chi connectivity index (χ3v) is 5.36. The summed E-state index contributed by atoms with van der Waals surface area (Å²) in [7, 11) is 0. The molecule has 3 rings (SSSR count). The molecule has 0 atom stereocenters. The maximum Gasteiger partial charge on any atom is 0.418 e. The zero-order valence-corrected chi connectivity index (χ0v) is 16.7. The second-order valence-electron chi connectivity index (χ2n) is 6.07. The van der Waals surface area contributed by atoms with Gasteiger partial charge in [0.05, 0.1) is 16.1 Å². The van der Waals surface area contributed by atoms with Crippen LogP contribution in [0.5, 0.6) is 0 Å². The van der Waals surface area contributed by atoms with E-state index in [-0.39, 0.29) is 5.52 Å². The van der Waals surface area contributed by atoms with Crippen molar-refractivity contribution in [3.05, 3.63) is 56.1 Å². The zero-order valence-electron chi connectivity index (χ0n) is 13.8. The van der Waals surface area contributed by atoms with Crippen molar-refractivity contribution in [2.45, 2.75) is 25.4 Å². The van der Waals surface area contributed by atoms with Crippen LogP contribution in [-0.2, 0) is 12.6 Å². The molecule has 0 saturated carbocycles. The fourth-order valence-electron chi connectivity index (χ4n) is 3.12. The monoisotopic (exact) mass is 492 g/mol. The lowest BCUT2D eigenvalue weighted by molar-refractivity contribution is -0.136. The predicted molar refractivity (Wildman–Crippen MR) is 108 cm³/mol. The van der Waals surface area contributed by atoms with Crippen molar-refractivity contribution < 1.29 is 13.2 Å². The molecule has 0 spiro atoms. The van der Waals surface area contributed by atoms with E-state index in [1.54, 1.807) is 0 Å². The number of nitrogens with two attached hydrogens (primary N) is 1. The van der Waals surface area contributed by atoms with E-state index in [1.165, 1.54) is 6.07 Å². The van der Waals surface area contributed by atoms with Gasteiger partial charge in [0.15, 0.2) is 0 Å². The molecule has 0 aliphatic rings. The Kier molecular flexibility index (Phi) is 5.84. The van der Waals surface area contributed by atoms with Gasteiger partial charge >= 0.3 is 6.18 Å². The summed E-state index contributed by atoms with van der Waals surface area (Å²) in [5.41, 5.74) is 7.26. The van der Waals surface area contributed by atoms with Gasteiger partial charge in [-0.2, -0.15) is 13.2 Å². The largest absolute Gasteiger partial charge is 0.418 e. The van der Waals surface area contributed by atoms with Gasteiger partial charge in [-0.15, -0.1) is 0 Å². The Hall–Kier alpha value is -1.25. The summed E-state index contributed by atoms with van der Waals surface area (Å²) < 4.78 is 41.5. The van der Waals surface area contributed by atoms with E-state index in [2.05, 4.69) is 27.6 Å². The summed E-state index contributed by atoms with van der Waals surface area (Å²) >= 11 is 8.50. The van der Waals surface area contributed by atoms with Gasteiger partial charge < -0.3 is 10.7 Å². The van der Waals surface area contributed by atoms with Crippen LogP contribution in [0.4, 0.5) is 13.2 Å². The number of fused-ring (bicyclic) bond motifs is 1. The molecule has 3 N–H and O–H groups in total. The number of rotatable bonds is 5. The first-order chi connectivity index (χ1) is 12.3. The Morgan fingerprint density at radius 2 is 1.73 bits per heavy atom. The Labute approximate surface area is 168 Å².